The molecule has 0 aliphatic rings. The summed E-state index contributed by atoms with van der Waals surface area (Å²) in [5, 5.41) is 0. The summed E-state index contributed by atoms with van der Waals surface area (Å²) in [6.45, 7) is 2.19. The number of hydrogen-bond donors (Lipinski definition) is 1. The molecule has 0 aliphatic heterocycles. The van der Waals surface area contributed by atoms with Crippen LogP contribution in [0.3, 0.4) is 0 Å². The number of nitrogens with two attached hydrogens (primary N) is 1. The number of aromatic nitrogens is 2. The van der Waals surface area contributed by atoms with Gasteiger partial charge in [-0.25, -0.2) is 9.37 Å². The van der Waals surface area contributed by atoms with Crippen LogP contribution in [0.15, 0.2) is 30.5 Å². The van der Waals surface area contributed by atoms with Gasteiger partial charge in [0.25, 0.3) is 5.91 Å². The Hall–Kier alpha value is -2.50. The van der Waals surface area contributed by atoms with Crippen molar-refractivity contribution < 1.29 is 9.18 Å². The average Bonchev–Trinajstić information content (AvgIpc) is 2.40. The molecule has 0 saturated heterocycles. The molecule has 2 rings (SSSR count). The van der Waals surface area contributed by atoms with Gasteiger partial charge < -0.3 is 10.6 Å². The number of aryl methyl sites for hydroxylation is 1. The maximum Gasteiger partial charge on any atom is 0.257 e. The Morgan fingerprint density at radius 1 is 1.45 bits per heavy atom. The van der Waals surface area contributed by atoms with E-state index < -0.39 is 11.7 Å². The van der Waals surface area contributed by atoms with Crippen LogP contribution in [-0.4, -0.2) is 27.8 Å². The summed E-state index contributed by atoms with van der Waals surface area (Å²) >= 11 is 0. The van der Waals surface area contributed by atoms with Crippen molar-refractivity contribution in [2.45, 2.75) is 13.5 Å². The molecule has 0 unspecified atom stereocenters. The molecule has 0 saturated carbocycles. The number of nitrogen functional groups attached to an aromatic ring is 1. The number of amides is 1. The van der Waals surface area contributed by atoms with Crippen molar-refractivity contribution in [1.82, 2.24) is 14.9 Å². The Bertz CT molecular complexity index is 645. The Balaban J connectivity index is 2.18. The van der Waals surface area contributed by atoms with E-state index in [1.54, 1.807) is 7.05 Å². The van der Waals surface area contributed by atoms with Crippen LogP contribution >= 0.6 is 0 Å². The van der Waals surface area contributed by atoms with Gasteiger partial charge in [0.15, 0.2) is 0 Å². The van der Waals surface area contributed by atoms with Crippen LogP contribution < -0.4 is 5.73 Å². The van der Waals surface area contributed by atoms with Crippen LogP contribution in [-0.2, 0) is 6.54 Å². The Morgan fingerprint density at radius 3 is 2.90 bits per heavy atom. The van der Waals surface area contributed by atoms with Crippen molar-refractivity contribution >= 4 is 11.7 Å². The first-order chi connectivity index (χ1) is 9.47. The smallest absolute Gasteiger partial charge is 0.257 e. The van der Waals surface area contributed by atoms with Crippen molar-refractivity contribution in [2.24, 2.45) is 0 Å². The quantitative estimate of drug-likeness (QED) is 0.926. The number of carbonyl (C=O) groups is 1. The summed E-state index contributed by atoms with van der Waals surface area (Å²) < 4.78 is 13.1. The predicted octanol–water partition coefficient (Wildman–Crippen LogP) is 1.78. The number of rotatable bonds is 3. The van der Waals surface area contributed by atoms with Gasteiger partial charge in [-0.15, -0.1) is 0 Å². The highest BCUT2D eigenvalue weighted by Gasteiger charge is 2.17. The van der Waals surface area contributed by atoms with Crippen LogP contribution in [0.4, 0.5) is 10.2 Å². The van der Waals surface area contributed by atoms with E-state index in [1.807, 2.05) is 25.1 Å². The molecule has 2 aromatic rings. The molecule has 2 aromatic heterocycles. The molecular formula is C14H15FN4O. The molecule has 0 fully saturated rings. The number of carbonyl (C=O) groups excluding carboxylic acids is 1. The number of anilines is 1. The fourth-order valence-corrected chi connectivity index (χ4v) is 1.83. The van der Waals surface area contributed by atoms with Crippen LogP contribution in [0.5, 0.6) is 0 Å². The maximum absolute atomic E-state index is 13.1. The lowest BCUT2D eigenvalue weighted by Crippen LogP contribution is -2.27. The second-order valence-electron chi connectivity index (χ2n) is 4.52. The molecule has 0 bridgehead atoms. The van der Waals surface area contributed by atoms with E-state index in [0.717, 1.165) is 23.7 Å². The monoisotopic (exact) mass is 274 g/mol. The van der Waals surface area contributed by atoms with Gasteiger partial charge >= 0.3 is 0 Å². The molecule has 2 N–H and O–H groups in total. The molecule has 1 amide bonds. The number of nitrogens with zero attached hydrogens (tertiary/aromatic N) is 3. The summed E-state index contributed by atoms with van der Waals surface area (Å²) in [5.74, 6) is -0.970. The van der Waals surface area contributed by atoms with Crippen molar-refractivity contribution in [3.8, 4) is 0 Å². The number of hydrogen-bond acceptors (Lipinski definition) is 4. The minimum atomic E-state index is -0.593. The molecule has 5 nitrogen and oxygen atoms in total. The fraction of sp³-hybridized carbons (Fsp3) is 0.214. The minimum absolute atomic E-state index is 0.0143. The zero-order valence-electron chi connectivity index (χ0n) is 11.3. The van der Waals surface area contributed by atoms with E-state index in [-0.39, 0.29) is 11.4 Å². The largest absolute Gasteiger partial charge is 0.383 e. The second-order valence-corrected chi connectivity index (χ2v) is 4.52. The lowest BCUT2D eigenvalue weighted by atomic mass is 10.2. The second kappa shape index (κ2) is 5.64. The van der Waals surface area contributed by atoms with Crippen molar-refractivity contribution in [3.63, 3.8) is 0 Å². The van der Waals surface area contributed by atoms with E-state index in [1.165, 1.54) is 4.90 Å². The minimum Gasteiger partial charge on any atom is -0.383 e. The van der Waals surface area contributed by atoms with Gasteiger partial charge in [-0.1, -0.05) is 6.07 Å². The average molecular weight is 274 g/mol. The molecule has 0 spiro atoms. The third-order valence-electron chi connectivity index (χ3n) is 2.81. The summed E-state index contributed by atoms with van der Waals surface area (Å²) in [6.07, 6.45) is 0.980. The van der Waals surface area contributed by atoms with Gasteiger partial charge in [0.2, 0.25) is 0 Å². The molecular weight excluding hydrogens is 259 g/mol. The lowest BCUT2D eigenvalue weighted by molar-refractivity contribution is 0.0783. The zero-order valence-corrected chi connectivity index (χ0v) is 11.3. The summed E-state index contributed by atoms with van der Waals surface area (Å²) in [6, 6.07) is 6.66. The van der Waals surface area contributed by atoms with Crippen LogP contribution in [0.1, 0.15) is 21.7 Å². The predicted molar refractivity (Wildman–Crippen MR) is 73.4 cm³/mol. The van der Waals surface area contributed by atoms with Gasteiger partial charge in [-0.05, 0) is 25.1 Å². The Labute approximate surface area is 116 Å². The molecule has 0 aromatic carbocycles. The molecule has 0 aliphatic carbocycles. The van der Waals surface area contributed by atoms with Crippen molar-refractivity contribution in [3.05, 3.63) is 53.2 Å². The van der Waals surface area contributed by atoms with E-state index in [0.29, 0.717) is 6.54 Å². The third-order valence-corrected chi connectivity index (χ3v) is 2.81. The molecule has 2 heterocycles. The third kappa shape index (κ3) is 3.09. The van der Waals surface area contributed by atoms with E-state index in [9.17, 15) is 9.18 Å². The Morgan fingerprint density at radius 2 is 2.20 bits per heavy atom. The van der Waals surface area contributed by atoms with Gasteiger partial charge in [-0.2, -0.15) is 0 Å². The normalized spacial score (nSPS) is 10.3. The van der Waals surface area contributed by atoms with Crippen molar-refractivity contribution in [2.75, 3.05) is 12.8 Å². The summed E-state index contributed by atoms with van der Waals surface area (Å²) in [5.41, 5.74) is 7.28. The SMILES string of the molecule is Cc1cccc(CN(C)C(=O)c2cc(F)cnc2N)n1. The van der Waals surface area contributed by atoms with E-state index in [4.69, 9.17) is 5.73 Å². The first-order valence-electron chi connectivity index (χ1n) is 6.06. The maximum atomic E-state index is 13.1. The molecule has 6 heteroatoms. The Kier molecular flexibility index (Phi) is 3.93. The molecule has 20 heavy (non-hydrogen) atoms. The van der Waals surface area contributed by atoms with Gasteiger partial charge in [0.1, 0.15) is 11.6 Å². The highest BCUT2D eigenvalue weighted by molar-refractivity contribution is 5.98. The first kappa shape index (κ1) is 13.9. The van der Waals surface area contributed by atoms with Crippen LogP contribution in [0.2, 0.25) is 0 Å². The summed E-state index contributed by atoms with van der Waals surface area (Å²) in [4.78, 5) is 21.6. The number of pyridine rings is 2. The van der Waals surface area contributed by atoms with Gasteiger partial charge in [0, 0.05) is 12.7 Å². The topological polar surface area (TPSA) is 72.1 Å². The zero-order chi connectivity index (χ0) is 14.7. The van der Waals surface area contributed by atoms with Crippen molar-refractivity contribution in [1.29, 1.82) is 0 Å². The highest BCUT2D eigenvalue weighted by Crippen LogP contribution is 2.13. The summed E-state index contributed by atoms with van der Waals surface area (Å²) in [7, 11) is 1.61. The molecule has 104 valence electrons. The standard InChI is InChI=1S/C14H15FN4O/c1-9-4-3-5-11(18-9)8-19(2)14(20)12-6-10(15)7-17-13(12)16/h3-7H,8H2,1-2H3,(H2,16,17). The van der Waals surface area contributed by atoms with Crippen LogP contribution in [0, 0.1) is 12.7 Å². The van der Waals surface area contributed by atoms with E-state index >= 15 is 0 Å². The lowest BCUT2D eigenvalue weighted by Gasteiger charge is -2.17. The number of halogens is 1. The fourth-order valence-electron chi connectivity index (χ4n) is 1.83. The highest BCUT2D eigenvalue weighted by atomic mass is 19.1. The van der Waals surface area contributed by atoms with Gasteiger partial charge in [-0.3, -0.25) is 9.78 Å². The molecule has 0 atom stereocenters. The molecule has 0 radical (unpaired) electrons. The first-order valence-corrected chi connectivity index (χ1v) is 6.06. The van der Waals surface area contributed by atoms with Gasteiger partial charge in [0.05, 0.1) is 24.0 Å². The van der Waals surface area contributed by atoms with Crippen LogP contribution in [0.25, 0.3) is 0 Å². The van der Waals surface area contributed by atoms with E-state index in [2.05, 4.69) is 9.97 Å².